The Bertz CT molecular complexity index is 1410. The number of carbonyl (C=O) groups excluding carboxylic acids is 2. The van der Waals surface area contributed by atoms with Gasteiger partial charge in [-0.25, -0.2) is 8.42 Å². The molecule has 2 amide bonds. The Hall–Kier alpha value is -3.36. The van der Waals surface area contributed by atoms with Gasteiger partial charge in [0.2, 0.25) is 11.8 Å². The monoisotopic (exact) mass is 583 g/mol. The second-order valence-corrected chi connectivity index (χ2v) is 12.3. The smallest absolute Gasteiger partial charge is 0.264 e. The highest BCUT2D eigenvalue weighted by Gasteiger charge is 2.34. The summed E-state index contributed by atoms with van der Waals surface area (Å²) in [6.45, 7) is 9.05. The van der Waals surface area contributed by atoms with Gasteiger partial charge in [-0.2, -0.15) is 0 Å². The predicted octanol–water partition coefficient (Wildman–Crippen LogP) is 5.87. The Morgan fingerprint density at radius 3 is 2.17 bits per heavy atom. The van der Waals surface area contributed by atoms with Gasteiger partial charge in [-0.3, -0.25) is 13.9 Å². The quantitative estimate of drug-likeness (QED) is 0.289. The molecular formula is C31H38ClN3O4S. The molecule has 0 radical (unpaired) electrons. The largest absolute Gasteiger partial charge is 0.352 e. The van der Waals surface area contributed by atoms with Crippen LogP contribution in [-0.2, 0) is 26.2 Å². The standard InChI is InChI=1S/C31H38ClN3O4S/c1-6-24(5)33-31(37)28(7-2)34(20-25-15-17-26(32)18-16-25)30(36)21-35(29-19-22(3)13-14-23(29)4)40(38,39)27-11-9-8-10-12-27/h8-19,24,28H,6-7,20-21H2,1-5H3,(H,33,37)/t24-,28+/m0/s1. The topological polar surface area (TPSA) is 86.8 Å². The molecule has 214 valence electrons. The van der Waals surface area contributed by atoms with Gasteiger partial charge in [-0.05, 0) is 80.6 Å². The van der Waals surface area contributed by atoms with E-state index in [9.17, 15) is 18.0 Å². The Morgan fingerprint density at radius 2 is 1.57 bits per heavy atom. The summed E-state index contributed by atoms with van der Waals surface area (Å²) in [6, 6.07) is 19.7. The fraction of sp³-hybridized carbons (Fsp3) is 0.355. The number of nitrogens with zero attached hydrogens (tertiary/aromatic N) is 2. The van der Waals surface area contributed by atoms with Crippen molar-refractivity contribution in [1.29, 1.82) is 0 Å². The number of aryl methyl sites for hydroxylation is 2. The van der Waals surface area contributed by atoms with Crippen LogP contribution in [0.25, 0.3) is 0 Å². The van der Waals surface area contributed by atoms with E-state index >= 15 is 0 Å². The van der Waals surface area contributed by atoms with Crippen LogP contribution in [0.1, 0.15) is 50.3 Å². The Labute approximate surface area is 243 Å². The minimum absolute atomic E-state index is 0.0704. The number of amides is 2. The fourth-order valence-electron chi connectivity index (χ4n) is 4.37. The van der Waals surface area contributed by atoms with Gasteiger partial charge in [0.05, 0.1) is 10.6 Å². The maximum atomic E-state index is 14.1. The highest BCUT2D eigenvalue weighted by Crippen LogP contribution is 2.28. The summed E-state index contributed by atoms with van der Waals surface area (Å²) < 4.78 is 29.1. The number of anilines is 1. The van der Waals surface area contributed by atoms with Gasteiger partial charge < -0.3 is 10.2 Å². The van der Waals surface area contributed by atoms with Crippen molar-refractivity contribution in [3.8, 4) is 0 Å². The van der Waals surface area contributed by atoms with Crippen molar-refractivity contribution < 1.29 is 18.0 Å². The van der Waals surface area contributed by atoms with E-state index in [1.165, 1.54) is 17.0 Å². The number of benzene rings is 3. The molecule has 0 spiro atoms. The highest BCUT2D eigenvalue weighted by molar-refractivity contribution is 7.92. The minimum atomic E-state index is -4.11. The van der Waals surface area contributed by atoms with Gasteiger partial charge in [0, 0.05) is 17.6 Å². The molecule has 1 N–H and O–H groups in total. The molecule has 9 heteroatoms. The van der Waals surface area contributed by atoms with Crippen LogP contribution in [0.15, 0.2) is 77.7 Å². The van der Waals surface area contributed by atoms with Crippen molar-refractivity contribution in [3.63, 3.8) is 0 Å². The summed E-state index contributed by atoms with van der Waals surface area (Å²) in [6.07, 6.45) is 1.10. The third-order valence-electron chi connectivity index (χ3n) is 6.90. The van der Waals surface area contributed by atoms with Gasteiger partial charge >= 0.3 is 0 Å². The lowest BCUT2D eigenvalue weighted by Crippen LogP contribution is -2.53. The number of hydrogen-bond acceptors (Lipinski definition) is 4. The van der Waals surface area contributed by atoms with E-state index < -0.39 is 28.5 Å². The maximum Gasteiger partial charge on any atom is 0.264 e. The molecule has 3 aromatic carbocycles. The fourth-order valence-corrected chi connectivity index (χ4v) is 5.99. The van der Waals surface area contributed by atoms with Crippen LogP contribution in [0.3, 0.4) is 0 Å². The van der Waals surface area contributed by atoms with E-state index in [0.29, 0.717) is 22.7 Å². The Balaban J connectivity index is 2.08. The number of sulfonamides is 1. The molecule has 0 aromatic heterocycles. The van der Waals surface area contributed by atoms with Gasteiger partial charge in [0.1, 0.15) is 12.6 Å². The molecule has 0 fully saturated rings. The van der Waals surface area contributed by atoms with Crippen LogP contribution < -0.4 is 9.62 Å². The number of carbonyl (C=O) groups is 2. The first-order valence-corrected chi connectivity index (χ1v) is 15.3. The zero-order valence-electron chi connectivity index (χ0n) is 23.7. The van der Waals surface area contributed by atoms with Gasteiger partial charge in [0.15, 0.2) is 0 Å². The molecule has 0 saturated carbocycles. The molecule has 0 aliphatic carbocycles. The highest BCUT2D eigenvalue weighted by atomic mass is 35.5. The number of hydrogen-bond donors (Lipinski definition) is 1. The van der Waals surface area contributed by atoms with E-state index in [2.05, 4.69) is 5.32 Å². The van der Waals surface area contributed by atoms with Crippen LogP contribution >= 0.6 is 11.6 Å². The van der Waals surface area contributed by atoms with Gasteiger partial charge in [0.25, 0.3) is 10.0 Å². The second-order valence-electron chi connectivity index (χ2n) is 10.0. The van der Waals surface area contributed by atoms with Crippen molar-refractivity contribution in [2.75, 3.05) is 10.8 Å². The first-order chi connectivity index (χ1) is 19.0. The lowest BCUT2D eigenvalue weighted by molar-refractivity contribution is -0.140. The summed E-state index contributed by atoms with van der Waals surface area (Å²) in [5.41, 5.74) is 2.76. The molecule has 0 aliphatic rings. The Morgan fingerprint density at radius 1 is 0.925 bits per heavy atom. The molecule has 0 heterocycles. The zero-order valence-corrected chi connectivity index (χ0v) is 25.3. The first-order valence-electron chi connectivity index (χ1n) is 13.5. The van der Waals surface area contributed by atoms with Crippen molar-refractivity contribution in [3.05, 3.63) is 94.5 Å². The minimum Gasteiger partial charge on any atom is -0.352 e. The molecule has 40 heavy (non-hydrogen) atoms. The number of nitrogens with one attached hydrogen (secondary N) is 1. The van der Waals surface area contributed by atoms with Crippen molar-refractivity contribution >= 4 is 39.1 Å². The van der Waals surface area contributed by atoms with Crippen molar-refractivity contribution in [2.45, 2.75) is 71.0 Å². The second kappa shape index (κ2) is 13.8. The zero-order chi connectivity index (χ0) is 29.4. The summed E-state index contributed by atoms with van der Waals surface area (Å²) in [5, 5.41) is 3.54. The van der Waals surface area contributed by atoms with Crippen LogP contribution in [0.4, 0.5) is 5.69 Å². The molecule has 0 saturated heterocycles. The summed E-state index contributed by atoms with van der Waals surface area (Å²) in [5.74, 6) is -0.759. The summed E-state index contributed by atoms with van der Waals surface area (Å²) in [7, 11) is -4.11. The van der Waals surface area contributed by atoms with Gasteiger partial charge in [-0.15, -0.1) is 0 Å². The maximum absolute atomic E-state index is 14.1. The summed E-state index contributed by atoms with van der Waals surface area (Å²) >= 11 is 6.08. The number of rotatable bonds is 12. The molecular weight excluding hydrogens is 546 g/mol. The van der Waals surface area contributed by atoms with E-state index in [1.54, 1.807) is 48.5 Å². The molecule has 0 bridgehead atoms. The third-order valence-corrected chi connectivity index (χ3v) is 8.92. The molecule has 7 nitrogen and oxygen atoms in total. The third kappa shape index (κ3) is 7.64. The lowest BCUT2D eigenvalue weighted by atomic mass is 10.1. The average molecular weight is 584 g/mol. The normalized spacial score (nSPS) is 12.8. The van der Waals surface area contributed by atoms with E-state index in [4.69, 9.17) is 11.6 Å². The molecule has 0 aliphatic heterocycles. The average Bonchev–Trinajstić information content (AvgIpc) is 2.94. The molecule has 3 rings (SSSR count). The molecule has 3 aromatic rings. The predicted molar refractivity (Wildman–Crippen MR) is 161 cm³/mol. The molecule has 0 unspecified atom stereocenters. The van der Waals surface area contributed by atoms with Crippen molar-refractivity contribution in [1.82, 2.24) is 10.2 Å². The molecule has 2 atom stereocenters. The van der Waals surface area contributed by atoms with E-state index in [0.717, 1.165) is 21.9 Å². The van der Waals surface area contributed by atoms with Crippen LogP contribution in [-0.4, -0.2) is 43.8 Å². The van der Waals surface area contributed by atoms with Crippen molar-refractivity contribution in [2.24, 2.45) is 0 Å². The lowest BCUT2D eigenvalue weighted by Gasteiger charge is -2.34. The van der Waals surface area contributed by atoms with Crippen LogP contribution in [0.5, 0.6) is 0 Å². The SMILES string of the molecule is CC[C@H](C(=O)N[C@@H](C)CC)N(Cc1ccc(Cl)cc1)C(=O)CN(c1cc(C)ccc1C)S(=O)(=O)c1ccccc1. The van der Waals surface area contributed by atoms with Crippen LogP contribution in [0.2, 0.25) is 5.02 Å². The number of halogens is 1. The van der Waals surface area contributed by atoms with Crippen LogP contribution in [0, 0.1) is 13.8 Å². The Kier molecular flexibility index (Phi) is 10.8. The summed E-state index contributed by atoms with van der Waals surface area (Å²) in [4.78, 5) is 29.0. The van der Waals surface area contributed by atoms with E-state index in [-0.39, 0.29) is 23.4 Å². The van der Waals surface area contributed by atoms with E-state index in [1.807, 2.05) is 46.8 Å². The van der Waals surface area contributed by atoms with Gasteiger partial charge in [-0.1, -0.05) is 67.9 Å². The first kappa shape index (κ1) is 31.2.